The van der Waals surface area contributed by atoms with Crippen LogP contribution in [-0.4, -0.2) is 53.1 Å². The zero-order valence-corrected chi connectivity index (χ0v) is 23.0. The maximum atomic E-state index is 13.8. The molecule has 2 heterocycles. The maximum absolute atomic E-state index is 13.8. The Morgan fingerprint density at radius 1 is 1.05 bits per heavy atom. The van der Waals surface area contributed by atoms with Gasteiger partial charge in [0.25, 0.3) is 5.91 Å². The van der Waals surface area contributed by atoms with E-state index in [1.807, 2.05) is 32.0 Å². The molecule has 2 N–H and O–H groups in total. The number of hydrogen-bond donors (Lipinski definition) is 2. The fourth-order valence-electron chi connectivity index (χ4n) is 4.46. The standard InChI is InChI=1S/C28H31ClF3N5O3/c1-3-39-22-13-18(14-23(15-22)40-4-2)17-37-11-9-21(10-12-37)35-27-33-16-24(25(36-27)28(30,31)32)26(38)34-20-7-5-19(29)6-8-20/h5-8,13-16,21H,3-4,9-12,17H2,1-2H3,(H,34,38)(H,33,35,36). The van der Waals surface area contributed by atoms with E-state index < -0.39 is 23.3 Å². The molecule has 0 spiro atoms. The van der Waals surface area contributed by atoms with Crippen LogP contribution < -0.4 is 20.1 Å². The SMILES string of the molecule is CCOc1cc(CN2CCC(Nc3ncc(C(=O)Nc4ccc(Cl)cc4)c(C(F)(F)F)n3)CC2)cc(OCC)c1. The Labute approximate surface area is 235 Å². The highest BCUT2D eigenvalue weighted by molar-refractivity contribution is 6.30. The zero-order valence-electron chi connectivity index (χ0n) is 22.2. The van der Waals surface area contributed by atoms with Gasteiger partial charge in [-0.1, -0.05) is 11.6 Å². The number of piperidine rings is 1. The summed E-state index contributed by atoms with van der Waals surface area (Å²) in [5, 5.41) is 5.88. The molecule has 1 aliphatic heterocycles. The number of carbonyl (C=O) groups is 1. The van der Waals surface area contributed by atoms with E-state index in [1.54, 1.807) is 0 Å². The van der Waals surface area contributed by atoms with E-state index in [2.05, 4.69) is 25.5 Å². The monoisotopic (exact) mass is 577 g/mol. The molecule has 1 aliphatic rings. The van der Waals surface area contributed by atoms with Crippen molar-refractivity contribution in [1.82, 2.24) is 14.9 Å². The van der Waals surface area contributed by atoms with E-state index in [1.165, 1.54) is 24.3 Å². The number of hydrogen-bond acceptors (Lipinski definition) is 7. The third kappa shape index (κ3) is 7.98. The first-order valence-corrected chi connectivity index (χ1v) is 13.4. The van der Waals surface area contributed by atoms with Crippen molar-refractivity contribution in [3.8, 4) is 11.5 Å². The van der Waals surface area contributed by atoms with Gasteiger partial charge in [0.2, 0.25) is 5.95 Å². The Balaban J connectivity index is 1.38. The van der Waals surface area contributed by atoms with Crippen molar-refractivity contribution in [2.24, 2.45) is 0 Å². The van der Waals surface area contributed by atoms with E-state index in [9.17, 15) is 18.0 Å². The minimum atomic E-state index is -4.84. The van der Waals surface area contributed by atoms with Crippen LogP contribution in [0.25, 0.3) is 0 Å². The van der Waals surface area contributed by atoms with E-state index in [-0.39, 0.29) is 12.0 Å². The van der Waals surface area contributed by atoms with Gasteiger partial charge in [0.1, 0.15) is 11.5 Å². The number of ether oxygens (including phenoxy) is 2. The van der Waals surface area contributed by atoms with Gasteiger partial charge in [-0.25, -0.2) is 9.97 Å². The Morgan fingerprint density at radius 3 is 2.25 bits per heavy atom. The summed E-state index contributed by atoms with van der Waals surface area (Å²) in [6.07, 6.45) is -2.56. The Hall–Kier alpha value is -3.57. The number of amides is 1. The number of likely N-dealkylation sites (tertiary alicyclic amines) is 1. The molecule has 1 saturated heterocycles. The van der Waals surface area contributed by atoms with Crippen molar-refractivity contribution in [3.63, 3.8) is 0 Å². The zero-order chi connectivity index (χ0) is 28.7. The lowest BCUT2D eigenvalue weighted by atomic mass is 10.0. The molecule has 2 aromatic carbocycles. The molecule has 1 amide bonds. The third-order valence-electron chi connectivity index (χ3n) is 6.29. The normalized spacial score (nSPS) is 14.6. The van der Waals surface area contributed by atoms with Crippen molar-refractivity contribution in [2.75, 3.05) is 36.9 Å². The first kappa shape index (κ1) is 29.4. The number of aromatic nitrogens is 2. The molecule has 12 heteroatoms. The Bertz CT molecular complexity index is 1280. The van der Waals surface area contributed by atoms with Crippen LogP contribution in [0.15, 0.2) is 48.7 Å². The molecule has 0 saturated carbocycles. The molecule has 8 nitrogen and oxygen atoms in total. The predicted octanol–water partition coefficient (Wildman–Crippen LogP) is 6.28. The smallest absolute Gasteiger partial charge is 0.434 e. The molecule has 1 aromatic heterocycles. The lowest BCUT2D eigenvalue weighted by Crippen LogP contribution is -2.39. The van der Waals surface area contributed by atoms with Gasteiger partial charge in [-0.3, -0.25) is 9.69 Å². The average molecular weight is 578 g/mol. The number of halogens is 4. The number of nitrogens with one attached hydrogen (secondary N) is 2. The van der Waals surface area contributed by atoms with Gasteiger partial charge >= 0.3 is 6.18 Å². The molecule has 0 radical (unpaired) electrons. The van der Waals surface area contributed by atoms with Crippen LogP contribution in [0.4, 0.5) is 24.8 Å². The first-order valence-electron chi connectivity index (χ1n) is 13.0. The molecule has 214 valence electrons. The van der Waals surface area contributed by atoms with E-state index >= 15 is 0 Å². The maximum Gasteiger partial charge on any atom is 0.434 e. The van der Waals surface area contributed by atoms with Gasteiger partial charge in [0.15, 0.2) is 5.69 Å². The molecule has 0 unspecified atom stereocenters. The van der Waals surface area contributed by atoms with Gasteiger partial charge in [-0.05, 0) is 68.7 Å². The van der Waals surface area contributed by atoms with Crippen molar-refractivity contribution in [2.45, 2.75) is 45.5 Å². The Morgan fingerprint density at radius 2 is 1.68 bits per heavy atom. The van der Waals surface area contributed by atoms with Crippen molar-refractivity contribution in [1.29, 1.82) is 0 Å². The third-order valence-corrected chi connectivity index (χ3v) is 6.54. The lowest BCUT2D eigenvalue weighted by molar-refractivity contribution is -0.141. The Kier molecular flexibility index (Phi) is 9.70. The number of anilines is 2. The van der Waals surface area contributed by atoms with E-state index in [4.69, 9.17) is 21.1 Å². The molecule has 4 rings (SSSR count). The summed E-state index contributed by atoms with van der Waals surface area (Å²) in [5.41, 5.74) is -0.599. The predicted molar refractivity (Wildman–Crippen MR) is 147 cm³/mol. The van der Waals surface area contributed by atoms with Crippen LogP contribution in [0.5, 0.6) is 11.5 Å². The highest BCUT2D eigenvalue weighted by atomic mass is 35.5. The van der Waals surface area contributed by atoms with E-state index in [0.29, 0.717) is 43.3 Å². The first-order chi connectivity index (χ1) is 19.1. The fourth-order valence-corrected chi connectivity index (χ4v) is 4.59. The summed E-state index contributed by atoms with van der Waals surface area (Å²) in [7, 11) is 0. The van der Waals surface area contributed by atoms with Gasteiger partial charge in [0.05, 0.1) is 18.8 Å². The molecule has 0 aliphatic carbocycles. The van der Waals surface area contributed by atoms with E-state index in [0.717, 1.165) is 36.3 Å². The van der Waals surface area contributed by atoms with Crippen LogP contribution in [0, 0.1) is 0 Å². The number of nitrogens with zero attached hydrogens (tertiary/aromatic N) is 3. The molecule has 3 aromatic rings. The summed E-state index contributed by atoms with van der Waals surface area (Å²) < 4.78 is 52.8. The summed E-state index contributed by atoms with van der Waals surface area (Å²) in [6, 6.07) is 11.8. The van der Waals surface area contributed by atoms with Crippen LogP contribution in [0.1, 0.15) is 48.3 Å². The molecule has 0 atom stereocenters. The summed E-state index contributed by atoms with van der Waals surface area (Å²) in [6.45, 7) is 7.12. The molecule has 40 heavy (non-hydrogen) atoms. The second kappa shape index (κ2) is 13.2. The topological polar surface area (TPSA) is 88.6 Å². The summed E-state index contributed by atoms with van der Waals surface area (Å²) >= 11 is 5.82. The number of rotatable bonds is 10. The van der Waals surface area contributed by atoms with Crippen LogP contribution >= 0.6 is 11.6 Å². The van der Waals surface area contributed by atoms with Gasteiger partial charge in [-0.15, -0.1) is 0 Å². The number of benzene rings is 2. The largest absolute Gasteiger partial charge is 0.494 e. The van der Waals surface area contributed by atoms with Crippen molar-refractivity contribution >= 4 is 29.1 Å². The quantitative estimate of drug-likeness (QED) is 0.293. The van der Waals surface area contributed by atoms with Crippen molar-refractivity contribution < 1.29 is 27.4 Å². The summed E-state index contributed by atoms with van der Waals surface area (Å²) in [4.78, 5) is 22.6. The molecule has 0 bridgehead atoms. The second-order valence-corrected chi connectivity index (χ2v) is 9.72. The highest BCUT2D eigenvalue weighted by Crippen LogP contribution is 2.32. The summed E-state index contributed by atoms with van der Waals surface area (Å²) in [5.74, 6) is 0.376. The second-order valence-electron chi connectivity index (χ2n) is 9.29. The molecular formula is C28H31ClF3N5O3. The number of alkyl halides is 3. The van der Waals surface area contributed by atoms with Gasteiger partial charge in [-0.2, -0.15) is 13.2 Å². The molecular weight excluding hydrogens is 547 g/mol. The van der Waals surface area contributed by atoms with Gasteiger partial charge in [0, 0.05) is 48.6 Å². The minimum Gasteiger partial charge on any atom is -0.494 e. The van der Waals surface area contributed by atoms with Crippen molar-refractivity contribution in [3.05, 3.63) is 70.5 Å². The fraction of sp³-hybridized carbons (Fsp3) is 0.393. The average Bonchev–Trinajstić information content (AvgIpc) is 2.91. The van der Waals surface area contributed by atoms with Crippen LogP contribution in [0.3, 0.4) is 0 Å². The highest BCUT2D eigenvalue weighted by Gasteiger charge is 2.38. The molecule has 1 fully saturated rings. The van der Waals surface area contributed by atoms with Crippen LogP contribution in [0.2, 0.25) is 5.02 Å². The van der Waals surface area contributed by atoms with Crippen LogP contribution in [-0.2, 0) is 12.7 Å². The lowest BCUT2D eigenvalue weighted by Gasteiger charge is -2.32. The minimum absolute atomic E-state index is 0.111. The van der Waals surface area contributed by atoms with Gasteiger partial charge < -0.3 is 20.1 Å². The number of carbonyl (C=O) groups excluding carboxylic acids is 1.